The van der Waals surface area contributed by atoms with Crippen molar-refractivity contribution in [2.75, 3.05) is 13.7 Å². The Morgan fingerprint density at radius 3 is 2.35 bits per heavy atom. The summed E-state index contributed by atoms with van der Waals surface area (Å²) in [6, 6.07) is 24.6. The van der Waals surface area contributed by atoms with E-state index in [0.717, 1.165) is 16.9 Å². The van der Waals surface area contributed by atoms with Crippen LogP contribution < -0.4 is 10.2 Å². The lowest BCUT2D eigenvalue weighted by molar-refractivity contribution is -0.142. The third-order valence-corrected chi connectivity index (χ3v) is 5.29. The van der Waals surface area contributed by atoms with Gasteiger partial charge in [0.15, 0.2) is 6.61 Å². The van der Waals surface area contributed by atoms with E-state index in [9.17, 15) is 9.59 Å². The third-order valence-electron chi connectivity index (χ3n) is 4.21. The molecule has 31 heavy (non-hydrogen) atoms. The van der Waals surface area contributed by atoms with Gasteiger partial charge in [-0.15, -0.1) is 11.8 Å². The van der Waals surface area contributed by atoms with Crippen molar-refractivity contribution in [3.63, 3.8) is 0 Å². The van der Waals surface area contributed by atoms with Gasteiger partial charge in [-0.2, -0.15) is 5.10 Å². The number of carbonyl (C=O) groups excluding carboxylic acids is 2. The number of methoxy groups -OCH3 is 1. The predicted molar refractivity (Wildman–Crippen MR) is 121 cm³/mol. The maximum atomic E-state index is 12.3. The van der Waals surface area contributed by atoms with Crippen molar-refractivity contribution < 1.29 is 19.1 Å². The number of hydrogen-bond acceptors (Lipinski definition) is 6. The lowest BCUT2D eigenvalue weighted by Gasteiger charge is -2.05. The number of nitrogens with zero attached hydrogens (tertiary/aromatic N) is 1. The number of hydrazone groups is 1. The first kappa shape index (κ1) is 22.1. The third kappa shape index (κ3) is 7.31. The predicted octanol–water partition coefficient (Wildman–Crippen LogP) is 4.29. The number of rotatable bonds is 9. The number of esters is 1. The van der Waals surface area contributed by atoms with Gasteiger partial charge in [-0.05, 0) is 59.7 Å². The van der Waals surface area contributed by atoms with Crippen LogP contribution in [0.5, 0.6) is 5.75 Å². The Morgan fingerprint density at radius 1 is 0.968 bits per heavy atom. The number of hydrogen-bond donors (Lipinski definition) is 1. The number of ether oxygens (including phenoxy) is 2. The van der Waals surface area contributed by atoms with Gasteiger partial charge in [0.25, 0.3) is 5.91 Å². The number of amides is 1. The van der Waals surface area contributed by atoms with E-state index in [4.69, 9.17) is 4.74 Å². The van der Waals surface area contributed by atoms with E-state index in [1.807, 2.05) is 30.3 Å². The average molecular weight is 435 g/mol. The topological polar surface area (TPSA) is 77.0 Å². The molecule has 0 atom stereocenters. The van der Waals surface area contributed by atoms with Gasteiger partial charge in [-0.3, -0.25) is 4.79 Å². The molecule has 0 fully saturated rings. The lowest BCUT2D eigenvalue weighted by Crippen LogP contribution is -2.17. The minimum Gasteiger partial charge on any atom is -0.482 e. The Balaban J connectivity index is 1.46. The first-order valence-corrected chi connectivity index (χ1v) is 10.5. The van der Waals surface area contributed by atoms with Gasteiger partial charge < -0.3 is 9.47 Å². The Morgan fingerprint density at radius 2 is 1.68 bits per heavy atom. The summed E-state index contributed by atoms with van der Waals surface area (Å²) in [6.45, 7) is -0.149. The molecule has 0 bridgehead atoms. The van der Waals surface area contributed by atoms with Crippen molar-refractivity contribution in [2.24, 2.45) is 5.10 Å². The van der Waals surface area contributed by atoms with Crippen LogP contribution in [0.3, 0.4) is 0 Å². The van der Waals surface area contributed by atoms with Gasteiger partial charge in [0, 0.05) is 16.2 Å². The summed E-state index contributed by atoms with van der Waals surface area (Å²) in [4.78, 5) is 24.5. The van der Waals surface area contributed by atoms with E-state index in [1.165, 1.54) is 18.2 Å². The molecule has 0 saturated heterocycles. The van der Waals surface area contributed by atoms with Gasteiger partial charge >= 0.3 is 5.97 Å². The number of carbonyl (C=O) groups is 2. The first-order chi connectivity index (χ1) is 15.1. The quantitative estimate of drug-likeness (QED) is 0.235. The van der Waals surface area contributed by atoms with Gasteiger partial charge in [0.1, 0.15) is 5.75 Å². The highest BCUT2D eigenvalue weighted by atomic mass is 32.2. The Hall–Kier alpha value is -3.58. The molecule has 1 N–H and O–H groups in total. The van der Waals surface area contributed by atoms with Crippen LogP contribution >= 0.6 is 11.8 Å². The van der Waals surface area contributed by atoms with Crippen molar-refractivity contribution in [1.29, 1.82) is 0 Å². The van der Waals surface area contributed by atoms with Crippen molar-refractivity contribution >= 4 is 29.9 Å². The first-order valence-electron chi connectivity index (χ1n) is 9.54. The molecule has 7 heteroatoms. The van der Waals surface area contributed by atoms with E-state index in [0.29, 0.717) is 11.3 Å². The summed E-state index contributed by atoms with van der Waals surface area (Å²) in [6.07, 6.45) is 1.53. The fourth-order valence-electron chi connectivity index (χ4n) is 2.52. The summed E-state index contributed by atoms with van der Waals surface area (Å²) < 4.78 is 9.79. The van der Waals surface area contributed by atoms with E-state index >= 15 is 0 Å². The Kier molecular flexibility index (Phi) is 8.25. The van der Waals surface area contributed by atoms with Crippen molar-refractivity contribution in [3.8, 4) is 5.75 Å². The molecule has 0 aliphatic carbocycles. The SMILES string of the molecule is COC(=O)COc1ccc(/C=N\NC(=O)c2ccc(CSc3ccccc3)cc2)cc1. The minimum absolute atomic E-state index is 0.149. The molecule has 0 aliphatic heterocycles. The fourth-order valence-corrected chi connectivity index (χ4v) is 3.39. The highest BCUT2D eigenvalue weighted by Gasteiger charge is 2.05. The van der Waals surface area contributed by atoms with E-state index in [1.54, 1.807) is 48.2 Å². The smallest absolute Gasteiger partial charge is 0.343 e. The molecule has 1 amide bonds. The van der Waals surface area contributed by atoms with E-state index in [-0.39, 0.29) is 12.5 Å². The summed E-state index contributed by atoms with van der Waals surface area (Å²) in [5.74, 6) is 0.647. The van der Waals surface area contributed by atoms with Crippen molar-refractivity contribution in [1.82, 2.24) is 5.43 Å². The van der Waals surface area contributed by atoms with Crippen molar-refractivity contribution in [3.05, 3.63) is 95.6 Å². The normalized spacial score (nSPS) is 10.6. The summed E-state index contributed by atoms with van der Waals surface area (Å²) >= 11 is 1.75. The molecular formula is C24H22N2O4S. The standard InChI is InChI=1S/C24H22N2O4S/c1-29-23(27)16-30-21-13-9-18(10-14-21)15-25-26-24(28)20-11-7-19(8-12-20)17-31-22-5-3-2-4-6-22/h2-15H,16-17H2,1H3,(H,26,28)/b25-15-. The van der Waals surface area contributed by atoms with Crippen LogP contribution in [0.25, 0.3) is 0 Å². The second-order valence-corrected chi connectivity index (χ2v) is 7.48. The summed E-state index contributed by atoms with van der Waals surface area (Å²) in [5, 5.41) is 3.99. The zero-order valence-electron chi connectivity index (χ0n) is 17.0. The van der Waals surface area contributed by atoms with Gasteiger partial charge in [-0.25, -0.2) is 10.2 Å². The van der Waals surface area contributed by atoms with Crippen LogP contribution in [0.1, 0.15) is 21.5 Å². The minimum atomic E-state index is -0.448. The molecule has 3 aromatic rings. The molecule has 0 saturated carbocycles. The van der Waals surface area contributed by atoms with Crippen LogP contribution in [-0.4, -0.2) is 31.8 Å². The second-order valence-electron chi connectivity index (χ2n) is 6.43. The highest BCUT2D eigenvalue weighted by Crippen LogP contribution is 2.22. The maximum absolute atomic E-state index is 12.3. The van der Waals surface area contributed by atoms with Crippen LogP contribution in [-0.2, 0) is 15.3 Å². The Labute approximate surface area is 185 Å². The van der Waals surface area contributed by atoms with Gasteiger partial charge in [0.05, 0.1) is 13.3 Å². The molecule has 3 aromatic carbocycles. The number of nitrogens with one attached hydrogen (secondary N) is 1. The zero-order valence-corrected chi connectivity index (χ0v) is 17.8. The highest BCUT2D eigenvalue weighted by molar-refractivity contribution is 7.98. The van der Waals surface area contributed by atoms with Gasteiger partial charge in [0.2, 0.25) is 0 Å². The molecule has 0 heterocycles. The van der Waals surface area contributed by atoms with E-state index in [2.05, 4.69) is 27.4 Å². The van der Waals surface area contributed by atoms with Crippen LogP contribution in [0, 0.1) is 0 Å². The molecule has 3 rings (SSSR count). The molecule has 158 valence electrons. The van der Waals surface area contributed by atoms with Crippen LogP contribution in [0.15, 0.2) is 88.9 Å². The number of benzene rings is 3. The lowest BCUT2D eigenvalue weighted by atomic mass is 10.1. The Bertz CT molecular complexity index is 1020. The number of thioether (sulfide) groups is 1. The molecule has 0 unspecified atom stereocenters. The largest absolute Gasteiger partial charge is 0.482 e. The molecule has 0 aliphatic rings. The summed E-state index contributed by atoms with van der Waals surface area (Å²) in [5.41, 5.74) is 4.98. The fraction of sp³-hybridized carbons (Fsp3) is 0.125. The summed E-state index contributed by atoms with van der Waals surface area (Å²) in [7, 11) is 1.30. The second kappa shape index (κ2) is 11.6. The van der Waals surface area contributed by atoms with Crippen molar-refractivity contribution in [2.45, 2.75) is 10.6 Å². The molecule has 6 nitrogen and oxygen atoms in total. The van der Waals surface area contributed by atoms with E-state index < -0.39 is 5.97 Å². The molecule has 0 radical (unpaired) electrons. The zero-order chi connectivity index (χ0) is 21.9. The molecule has 0 aromatic heterocycles. The maximum Gasteiger partial charge on any atom is 0.343 e. The van der Waals surface area contributed by atoms with Crippen LogP contribution in [0.4, 0.5) is 0 Å². The molecule has 0 spiro atoms. The van der Waals surface area contributed by atoms with Crippen LogP contribution in [0.2, 0.25) is 0 Å². The monoisotopic (exact) mass is 434 g/mol. The molecular weight excluding hydrogens is 412 g/mol. The average Bonchev–Trinajstić information content (AvgIpc) is 2.83. The van der Waals surface area contributed by atoms with Gasteiger partial charge in [-0.1, -0.05) is 30.3 Å².